The molecule has 2 rings (SSSR count). The Morgan fingerprint density at radius 3 is 3.22 bits per heavy atom. The minimum Gasteiger partial charge on any atom is -0.384 e. The molecule has 1 saturated heterocycles. The van der Waals surface area contributed by atoms with Crippen LogP contribution < -0.4 is 0 Å². The highest BCUT2D eigenvalue weighted by Gasteiger charge is 2.18. The molecule has 1 aliphatic rings. The molecule has 1 aromatic heterocycles. The Kier molecular flexibility index (Phi) is 5.25. The molecule has 0 bridgehead atoms. The largest absolute Gasteiger partial charge is 0.384 e. The second-order valence-electron chi connectivity index (χ2n) is 4.91. The molecule has 1 atom stereocenters. The molecular weight excluding hydrogens is 242 g/mol. The fourth-order valence-electron chi connectivity index (χ4n) is 2.52. The highest BCUT2D eigenvalue weighted by molar-refractivity contribution is 7.10. The van der Waals surface area contributed by atoms with Crippen molar-refractivity contribution >= 4 is 11.3 Å². The zero-order valence-corrected chi connectivity index (χ0v) is 11.8. The normalized spacial score (nSPS) is 20.4. The van der Waals surface area contributed by atoms with Crippen molar-refractivity contribution in [1.29, 1.82) is 0 Å². The van der Waals surface area contributed by atoms with Crippen LogP contribution in [0.5, 0.6) is 0 Å². The maximum Gasteiger partial charge on any atom is 0.104 e. The summed E-state index contributed by atoms with van der Waals surface area (Å²) < 4.78 is 0. The van der Waals surface area contributed by atoms with Gasteiger partial charge in [-0.3, -0.25) is 4.90 Å². The Bertz CT molecular complexity index is 429. The highest BCUT2D eigenvalue weighted by atomic mass is 32.1. The van der Waals surface area contributed by atoms with Gasteiger partial charge in [0, 0.05) is 28.9 Å². The van der Waals surface area contributed by atoms with Crippen LogP contribution in [0.2, 0.25) is 0 Å². The maximum absolute atomic E-state index is 8.67. The first-order valence-corrected chi connectivity index (χ1v) is 7.59. The lowest BCUT2D eigenvalue weighted by Gasteiger charge is -2.31. The zero-order valence-electron chi connectivity index (χ0n) is 11.0. The van der Waals surface area contributed by atoms with E-state index in [1.165, 1.54) is 37.2 Å². The van der Waals surface area contributed by atoms with Gasteiger partial charge in [-0.25, -0.2) is 0 Å². The van der Waals surface area contributed by atoms with Crippen LogP contribution in [-0.2, 0) is 6.54 Å². The average molecular weight is 263 g/mol. The fraction of sp³-hybridized carbons (Fsp3) is 0.600. The van der Waals surface area contributed by atoms with Gasteiger partial charge in [0.25, 0.3) is 0 Å². The molecule has 1 N–H and O–H groups in total. The predicted octanol–water partition coefficient (Wildman–Crippen LogP) is 2.71. The van der Waals surface area contributed by atoms with Crippen LogP contribution in [0.1, 0.15) is 36.6 Å². The Hall–Kier alpha value is -0.820. The molecule has 1 aliphatic heterocycles. The number of rotatable bonds is 3. The van der Waals surface area contributed by atoms with Gasteiger partial charge in [0.2, 0.25) is 0 Å². The van der Waals surface area contributed by atoms with Crippen molar-refractivity contribution in [2.45, 2.75) is 32.7 Å². The van der Waals surface area contributed by atoms with Gasteiger partial charge in [-0.05, 0) is 31.4 Å². The molecule has 0 radical (unpaired) electrons. The predicted molar refractivity (Wildman–Crippen MR) is 76.6 cm³/mol. The Morgan fingerprint density at radius 1 is 1.56 bits per heavy atom. The van der Waals surface area contributed by atoms with E-state index in [9.17, 15) is 0 Å². The van der Waals surface area contributed by atoms with Gasteiger partial charge in [0.15, 0.2) is 0 Å². The lowest BCUT2D eigenvalue weighted by molar-refractivity contribution is 0.166. The van der Waals surface area contributed by atoms with Crippen molar-refractivity contribution in [3.05, 3.63) is 21.9 Å². The highest BCUT2D eigenvalue weighted by Crippen LogP contribution is 2.23. The molecule has 1 unspecified atom stereocenters. The number of thiophene rings is 1. The molecular formula is C15H21NOS. The van der Waals surface area contributed by atoms with Gasteiger partial charge in [-0.1, -0.05) is 25.2 Å². The Labute approximate surface area is 114 Å². The van der Waals surface area contributed by atoms with Crippen LogP contribution in [0.15, 0.2) is 11.4 Å². The Balaban J connectivity index is 1.90. The molecule has 0 aromatic carbocycles. The number of likely N-dealkylation sites (tertiary alicyclic amines) is 1. The number of piperidine rings is 1. The lowest BCUT2D eigenvalue weighted by atomic mass is 9.96. The van der Waals surface area contributed by atoms with E-state index < -0.39 is 0 Å². The molecule has 0 saturated carbocycles. The summed E-state index contributed by atoms with van der Waals surface area (Å²) in [6, 6.07) is 2.16. The van der Waals surface area contributed by atoms with Crippen molar-refractivity contribution in [1.82, 2.24) is 4.90 Å². The number of hydrogen-bond donors (Lipinski definition) is 1. The van der Waals surface area contributed by atoms with Crippen molar-refractivity contribution in [3.8, 4) is 11.8 Å². The average Bonchev–Trinajstić information content (AvgIpc) is 2.84. The summed E-state index contributed by atoms with van der Waals surface area (Å²) in [5, 5.41) is 10.8. The summed E-state index contributed by atoms with van der Waals surface area (Å²) in [6.07, 6.45) is 4.03. The number of nitrogens with zero attached hydrogens (tertiary/aromatic N) is 1. The van der Waals surface area contributed by atoms with E-state index in [4.69, 9.17) is 5.11 Å². The standard InChI is InChI=1S/C15H21NOS/c1-2-13-5-3-7-16(10-13)11-15-9-14(12-18-15)6-4-8-17/h9,12-13,17H,2-3,5,7-8,10-11H2,1H3. The monoisotopic (exact) mass is 263 g/mol. The molecule has 2 heterocycles. The minimum absolute atomic E-state index is 0.0600. The van der Waals surface area contributed by atoms with E-state index in [1.54, 1.807) is 11.3 Å². The molecule has 2 nitrogen and oxygen atoms in total. The van der Waals surface area contributed by atoms with Crippen molar-refractivity contribution < 1.29 is 5.11 Å². The molecule has 0 aliphatic carbocycles. The zero-order chi connectivity index (χ0) is 12.8. The number of hydrogen-bond acceptors (Lipinski definition) is 3. The second kappa shape index (κ2) is 6.94. The van der Waals surface area contributed by atoms with Crippen molar-refractivity contribution in [3.63, 3.8) is 0 Å². The van der Waals surface area contributed by atoms with Crippen LogP contribution in [-0.4, -0.2) is 29.7 Å². The summed E-state index contributed by atoms with van der Waals surface area (Å²) >= 11 is 1.78. The van der Waals surface area contributed by atoms with Crippen molar-refractivity contribution in [2.24, 2.45) is 5.92 Å². The topological polar surface area (TPSA) is 23.5 Å². The van der Waals surface area contributed by atoms with Gasteiger partial charge in [-0.15, -0.1) is 11.3 Å². The summed E-state index contributed by atoms with van der Waals surface area (Å²) in [6.45, 7) is 5.76. The molecule has 18 heavy (non-hydrogen) atoms. The summed E-state index contributed by atoms with van der Waals surface area (Å²) in [4.78, 5) is 3.95. The van der Waals surface area contributed by atoms with Gasteiger partial charge in [0.05, 0.1) is 0 Å². The molecule has 1 aromatic rings. The smallest absolute Gasteiger partial charge is 0.104 e. The summed E-state index contributed by atoms with van der Waals surface area (Å²) in [5.74, 6) is 6.54. The molecule has 3 heteroatoms. The van der Waals surface area contributed by atoms with Gasteiger partial charge in [0.1, 0.15) is 6.61 Å². The summed E-state index contributed by atoms with van der Waals surface area (Å²) in [5.41, 5.74) is 1.04. The molecule has 0 spiro atoms. The summed E-state index contributed by atoms with van der Waals surface area (Å²) in [7, 11) is 0. The Morgan fingerprint density at radius 2 is 2.44 bits per heavy atom. The van der Waals surface area contributed by atoms with Crippen LogP contribution in [0, 0.1) is 17.8 Å². The first-order chi connectivity index (χ1) is 8.81. The van der Waals surface area contributed by atoms with E-state index >= 15 is 0 Å². The van der Waals surface area contributed by atoms with E-state index in [-0.39, 0.29) is 6.61 Å². The molecule has 0 amide bonds. The van der Waals surface area contributed by atoms with Gasteiger partial charge >= 0.3 is 0 Å². The van der Waals surface area contributed by atoms with E-state index in [2.05, 4.69) is 35.1 Å². The van der Waals surface area contributed by atoms with E-state index in [0.29, 0.717) is 0 Å². The first-order valence-electron chi connectivity index (χ1n) is 6.71. The van der Waals surface area contributed by atoms with Crippen LogP contribution in [0.25, 0.3) is 0 Å². The first kappa shape index (κ1) is 13.6. The van der Waals surface area contributed by atoms with Crippen LogP contribution in [0.3, 0.4) is 0 Å². The maximum atomic E-state index is 8.67. The third-order valence-corrected chi connectivity index (χ3v) is 4.45. The van der Waals surface area contributed by atoms with Gasteiger partial charge in [-0.2, -0.15) is 0 Å². The van der Waals surface area contributed by atoms with Crippen molar-refractivity contribution in [2.75, 3.05) is 19.7 Å². The lowest BCUT2D eigenvalue weighted by Crippen LogP contribution is -2.34. The molecule has 98 valence electrons. The van der Waals surface area contributed by atoms with Gasteiger partial charge < -0.3 is 5.11 Å². The third kappa shape index (κ3) is 3.84. The quantitative estimate of drug-likeness (QED) is 0.848. The third-order valence-electron chi connectivity index (χ3n) is 3.53. The van der Waals surface area contributed by atoms with E-state index in [0.717, 1.165) is 18.0 Å². The molecule has 1 fully saturated rings. The number of aliphatic hydroxyl groups is 1. The SMILES string of the molecule is CCC1CCCN(Cc2cc(C#CCO)cs2)C1. The minimum atomic E-state index is -0.0600. The van der Waals surface area contributed by atoms with Crippen LogP contribution in [0.4, 0.5) is 0 Å². The number of aliphatic hydroxyl groups excluding tert-OH is 1. The fourth-order valence-corrected chi connectivity index (χ4v) is 3.38. The van der Waals surface area contributed by atoms with Crippen LogP contribution >= 0.6 is 11.3 Å². The van der Waals surface area contributed by atoms with E-state index in [1.807, 2.05) is 0 Å². The second-order valence-corrected chi connectivity index (χ2v) is 5.91.